The second-order valence-corrected chi connectivity index (χ2v) is 9.57. The van der Waals surface area contributed by atoms with E-state index in [0.717, 1.165) is 51.4 Å². The van der Waals surface area contributed by atoms with E-state index in [-0.39, 0.29) is 29.5 Å². The zero-order valence-electron chi connectivity index (χ0n) is 18.8. The number of carbonyl (C=O) groups excluding carboxylic acids is 1. The van der Waals surface area contributed by atoms with Crippen molar-refractivity contribution in [1.82, 2.24) is 5.32 Å². The van der Waals surface area contributed by atoms with Crippen molar-refractivity contribution < 1.29 is 19.0 Å². The minimum Gasteiger partial charge on any atom is -0.458 e. The molecule has 2 bridgehead atoms. The Morgan fingerprint density at radius 3 is 2.70 bits per heavy atom. The molecule has 0 radical (unpaired) electrons. The highest BCUT2D eigenvalue weighted by Crippen LogP contribution is 2.46. The van der Waals surface area contributed by atoms with E-state index < -0.39 is 11.6 Å². The normalized spacial score (nSPS) is 22.6. The first-order chi connectivity index (χ1) is 15.7. The number of carbonyl (C=O) groups is 1. The molecule has 6 heteroatoms. The number of halogens is 1. The second kappa shape index (κ2) is 6.72. The average Bonchev–Trinajstić information content (AvgIpc) is 2.91. The molecule has 33 heavy (non-hydrogen) atoms. The highest BCUT2D eigenvalue weighted by Gasteiger charge is 2.42. The van der Waals surface area contributed by atoms with E-state index in [1.54, 1.807) is 12.1 Å². The van der Waals surface area contributed by atoms with Gasteiger partial charge in [-0.05, 0) is 102 Å². The van der Waals surface area contributed by atoms with Crippen molar-refractivity contribution in [1.29, 1.82) is 0 Å². The number of benzene rings is 2. The molecular weight excluding hydrogens is 421 g/mol. The molecule has 0 aromatic heterocycles. The van der Waals surface area contributed by atoms with Crippen molar-refractivity contribution in [3.05, 3.63) is 79.3 Å². The standard InChI is InChI=1S/C27H24FNO4/c1-12-16-4-5-22(29-3)24-18-8-15-6-13(17(18)7-14(23(16)24)10-21(12)28)9-20-19(25(15)30)11-33-26(31)27(20,2)32/h6-7,9-10,22,29,32H,4-5,8,11H2,1-3H3/t22-,27-/m0/s1. The van der Waals surface area contributed by atoms with Gasteiger partial charge in [-0.15, -0.1) is 0 Å². The summed E-state index contributed by atoms with van der Waals surface area (Å²) in [7, 11) is 1.93. The summed E-state index contributed by atoms with van der Waals surface area (Å²) in [5, 5.41) is 16.2. The summed E-state index contributed by atoms with van der Waals surface area (Å²) < 4.78 is 20.0. The number of nitrogens with one attached hydrogen (secondary N) is 1. The van der Waals surface area contributed by atoms with Gasteiger partial charge < -0.3 is 15.2 Å². The van der Waals surface area contributed by atoms with Gasteiger partial charge in [0.05, 0.1) is 0 Å². The van der Waals surface area contributed by atoms with Crippen molar-refractivity contribution in [2.24, 2.45) is 0 Å². The van der Waals surface area contributed by atoms with Gasteiger partial charge in [0.15, 0.2) is 11.0 Å². The molecule has 3 aromatic rings. The number of hydrogen-bond acceptors (Lipinski definition) is 5. The Labute approximate surface area is 190 Å². The number of esters is 1. The zero-order valence-corrected chi connectivity index (χ0v) is 18.8. The SMILES string of the molecule is CN[C@H]1CCc2c(C)c(F)cc3cc4c(c1c23)Cc1cc-4cc2c(c1=O)COC(=O)[C@@]2(C)O. The molecule has 3 aromatic carbocycles. The summed E-state index contributed by atoms with van der Waals surface area (Å²) in [6.07, 6.45) is 2.08. The zero-order chi connectivity index (χ0) is 23.2. The Morgan fingerprint density at radius 1 is 1.15 bits per heavy atom. The first kappa shape index (κ1) is 20.5. The fourth-order valence-corrected chi connectivity index (χ4v) is 5.96. The highest BCUT2D eigenvalue weighted by atomic mass is 19.1. The Bertz CT molecular complexity index is 1470. The maximum atomic E-state index is 14.8. The Hall–Kier alpha value is -3.09. The molecule has 3 aliphatic rings. The molecule has 0 unspecified atom stereocenters. The third-order valence-corrected chi connectivity index (χ3v) is 7.75. The maximum Gasteiger partial charge on any atom is 0.342 e. The van der Waals surface area contributed by atoms with E-state index in [1.807, 2.05) is 26.1 Å². The molecule has 0 amide bonds. The molecular formula is C27H24FNO4. The lowest BCUT2D eigenvalue weighted by Crippen LogP contribution is -2.40. The molecule has 1 aliphatic heterocycles. The van der Waals surface area contributed by atoms with Crippen molar-refractivity contribution in [3.63, 3.8) is 0 Å². The first-order valence-corrected chi connectivity index (χ1v) is 11.3. The smallest absolute Gasteiger partial charge is 0.342 e. The van der Waals surface area contributed by atoms with Gasteiger partial charge in [-0.3, -0.25) is 4.79 Å². The van der Waals surface area contributed by atoms with Gasteiger partial charge in [0, 0.05) is 29.2 Å². The molecule has 0 spiro atoms. The molecule has 168 valence electrons. The van der Waals surface area contributed by atoms with E-state index in [9.17, 15) is 19.1 Å². The summed E-state index contributed by atoms with van der Waals surface area (Å²) in [6.45, 7) is 3.04. The van der Waals surface area contributed by atoms with Gasteiger partial charge in [0.1, 0.15) is 12.4 Å². The van der Waals surface area contributed by atoms with Crippen LogP contribution in [0.3, 0.4) is 0 Å². The van der Waals surface area contributed by atoms with Gasteiger partial charge in [-0.2, -0.15) is 0 Å². The van der Waals surface area contributed by atoms with E-state index >= 15 is 0 Å². The van der Waals surface area contributed by atoms with Crippen LogP contribution in [0.5, 0.6) is 0 Å². The van der Waals surface area contributed by atoms with Crippen LogP contribution < -0.4 is 10.7 Å². The van der Waals surface area contributed by atoms with Crippen LogP contribution in [-0.4, -0.2) is 18.1 Å². The monoisotopic (exact) mass is 445 g/mol. The van der Waals surface area contributed by atoms with Crippen LogP contribution in [0.15, 0.2) is 29.1 Å². The van der Waals surface area contributed by atoms with Crippen LogP contribution in [0.2, 0.25) is 0 Å². The van der Waals surface area contributed by atoms with E-state index in [1.165, 1.54) is 6.92 Å². The summed E-state index contributed by atoms with van der Waals surface area (Å²) in [6, 6.07) is 7.25. The molecule has 6 rings (SSSR count). The molecule has 1 heterocycles. The number of fused-ring (bicyclic) bond motifs is 6. The fraction of sp³-hybridized carbons (Fsp3) is 0.333. The van der Waals surface area contributed by atoms with E-state index in [4.69, 9.17) is 4.74 Å². The quantitative estimate of drug-likeness (QED) is 0.437. The summed E-state index contributed by atoms with van der Waals surface area (Å²) >= 11 is 0. The number of aryl methyl sites for hydroxylation is 1. The van der Waals surface area contributed by atoms with Crippen LogP contribution in [0.1, 0.15) is 58.3 Å². The predicted molar refractivity (Wildman–Crippen MR) is 123 cm³/mol. The number of rotatable bonds is 1. The minimum atomic E-state index is -1.91. The second-order valence-electron chi connectivity index (χ2n) is 9.57. The summed E-state index contributed by atoms with van der Waals surface area (Å²) in [4.78, 5) is 25.7. The van der Waals surface area contributed by atoms with Gasteiger partial charge in [-0.25, -0.2) is 9.18 Å². The molecule has 0 saturated heterocycles. The van der Waals surface area contributed by atoms with Crippen molar-refractivity contribution in [2.75, 3.05) is 7.05 Å². The van der Waals surface area contributed by atoms with Crippen LogP contribution in [0.4, 0.5) is 4.39 Å². The van der Waals surface area contributed by atoms with Gasteiger partial charge in [-0.1, -0.05) is 0 Å². The molecule has 0 fully saturated rings. The van der Waals surface area contributed by atoms with Crippen LogP contribution in [-0.2, 0) is 34.6 Å². The van der Waals surface area contributed by atoms with Crippen molar-refractivity contribution >= 4 is 16.7 Å². The minimum absolute atomic E-state index is 0.0897. The van der Waals surface area contributed by atoms with E-state index in [2.05, 4.69) is 5.32 Å². The average molecular weight is 445 g/mol. The Balaban J connectivity index is 1.74. The lowest BCUT2D eigenvalue weighted by Gasteiger charge is -2.32. The van der Waals surface area contributed by atoms with Gasteiger partial charge >= 0.3 is 5.97 Å². The van der Waals surface area contributed by atoms with Gasteiger partial charge in [0.2, 0.25) is 0 Å². The fourth-order valence-electron chi connectivity index (χ4n) is 5.96. The lowest BCUT2D eigenvalue weighted by molar-refractivity contribution is -0.169. The Kier molecular flexibility index (Phi) is 4.17. The summed E-state index contributed by atoms with van der Waals surface area (Å²) in [5.41, 5.74) is 4.67. The maximum absolute atomic E-state index is 14.8. The lowest BCUT2D eigenvalue weighted by atomic mass is 9.76. The highest BCUT2D eigenvalue weighted by molar-refractivity contribution is 5.97. The van der Waals surface area contributed by atoms with Crippen molar-refractivity contribution in [3.8, 4) is 11.1 Å². The molecule has 2 atom stereocenters. The number of ether oxygens (including phenoxy) is 1. The largest absolute Gasteiger partial charge is 0.458 e. The van der Waals surface area contributed by atoms with Crippen LogP contribution >= 0.6 is 0 Å². The van der Waals surface area contributed by atoms with Gasteiger partial charge in [0.25, 0.3) is 0 Å². The Morgan fingerprint density at radius 2 is 1.94 bits per heavy atom. The molecule has 2 aliphatic carbocycles. The molecule has 0 saturated carbocycles. The van der Waals surface area contributed by atoms with Crippen LogP contribution in [0.25, 0.3) is 21.9 Å². The summed E-state index contributed by atoms with van der Waals surface area (Å²) in [5.74, 6) is -0.982. The third-order valence-electron chi connectivity index (χ3n) is 7.75. The number of aliphatic hydroxyl groups is 1. The first-order valence-electron chi connectivity index (χ1n) is 11.3. The predicted octanol–water partition coefficient (Wildman–Crippen LogP) is 3.69. The van der Waals surface area contributed by atoms with Crippen molar-refractivity contribution in [2.45, 2.75) is 51.4 Å². The third kappa shape index (κ3) is 2.65. The molecule has 2 N–H and O–H groups in total. The topological polar surface area (TPSA) is 75.6 Å². The number of hydrogen-bond donors (Lipinski definition) is 2. The van der Waals surface area contributed by atoms with E-state index in [0.29, 0.717) is 23.1 Å². The van der Waals surface area contributed by atoms with Crippen LogP contribution in [0, 0.1) is 12.7 Å². The molecule has 5 nitrogen and oxygen atoms in total. The number of cyclic esters (lactones) is 1.